The van der Waals surface area contributed by atoms with Crippen LogP contribution in [0.15, 0.2) is 52.9 Å². The minimum atomic E-state index is -4.46. The highest BCUT2D eigenvalue weighted by Crippen LogP contribution is 2.38. The number of carboxylic acids is 1. The maximum absolute atomic E-state index is 14.3. The summed E-state index contributed by atoms with van der Waals surface area (Å²) in [6, 6.07) is 4.20. The van der Waals surface area contributed by atoms with Gasteiger partial charge in [0, 0.05) is 39.2 Å². The highest BCUT2D eigenvalue weighted by Gasteiger charge is 2.40. The van der Waals surface area contributed by atoms with Crippen molar-refractivity contribution >= 4 is 70.5 Å². The number of amides is 5. The molecule has 3 aromatic rings. The third kappa shape index (κ3) is 14.8. The van der Waals surface area contributed by atoms with Crippen molar-refractivity contribution in [1.82, 2.24) is 24.6 Å². The van der Waals surface area contributed by atoms with Crippen LogP contribution in [0.4, 0.5) is 25.6 Å². The van der Waals surface area contributed by atoms with Crippen LogP contribution in [-0.2, 0) is 28.9 Å². The fourth-order valence-corrected chi connectivity index (χ4v) is 7.32. The molecule has 22 nitrogen and oxygen atoms in total. The summed E-state index contributed by atoms with van der Waals surface area (Å²) in [6.45, 7) is 4.45. The number of hydrogen-bond donors (Lipinski definition) is 5. The van der Waals surface area contributed by atoms with Gasteiger partial charge in [-0.3, -0.25) is 24.3 Å². The second-order valence-corrected chi connectivity index (χ2v) is 18.5. The maximum Gasteiger partial charge on any atom is 0.427 e. The van der Waals surface area contributed by atoms with Crippen LogP contribution in [0.5, 0.6) is 17.5 Å². The third-order valence-corrected chi connectivity index (χ3v) is 11.1. The van der Waals surface area contributed by atoms with Crippen molar-refractivity contribution < 1.29 is 70.3 Å². The molecule has 1 aliphatic heterocycles. The van der Waals surface area contributed by atoms with Gasteiger partial charge >= 0.3 is 24.0 Å². The first kappa shape index (κ1) is 51.4. The Morgan fingerprint density at radius 2 is 1.71 bits per heavy atom. The Hall–Kier alpha value is -5.94. The summed E-state index contributed by atoms with van der Waals surface area (Å²) in [6.07, 6.45) is 4.19. The number of nitrogens with zero attached hydrogens (tertiary/aromatic N) is 5. The van der Waals surface area contributed by atoms with Crippen LogP contribution in [0.2, 0.25) is 5.02 Å². The number of aromatic nitrogens is 3. The number of carboxylic acid groups (broad SMARTS) is 1. The number of ether oxygens (including phenoxy) is 4. The van der Waals surface area contributed by atoms with Crippen LogP contribution in [0.1, 0.15) is 56.3 Å². The number of sulfonamides is 1. The topological polar surface area (TPSA) is 309 Å². The number of hydrogen-bond acceptors (Lipinski definition) is 16. The highest BCUT2D eigenvalue weighted by molar-refractivity contribution is 7.90. The smallest absolute Gasteiger partial charge is 0.427 e. The van der Waals surface area contributed by atoms with Crippen molar-refractivity contribution in [2.24, 2.45) is 5.73 Å². The van der Waals surface area contributed by atoms with E-state index in [9.17, 15) is 41.3 Å². The Labute approximate surface area is 366 Å². The van der Waals surface area contributed by atoms with E-state index in [1.54, 1.807) is 18.6 Å². The molecule has 63 heavy (non-hydrogen) atoms. The van der Waals surface area contributed by atoms with E-state index in [4.69, 9.17) is 46.3 Å². The van der Waals surface area contributed by atoms with Crippen molar-refractivity contribution in [3.05, 3.63) is 64.3 Å². The molecular formula is C37H47ClFN8O14PS. The van der Waals surface area contributed by atoms with Crippen molar-refractivity contribution in [3.63, 3.8) is 0 Å². The molecule has 3 heterocycles. The van der Waals surface area contributed by atoms with Gasteiger partial charge in [-0.25, -0.2) is 28.6 Å². The summed E-state index contributed by atoms with van der Waals surface area (Å²) in [4.78, 5) is 80.8. The second-order valence-electron chi connectivity index (χ2n) is 14.0. The quantitative estimate of drug-likeness (QED) is 0.117. The number of pyridine rings is 1. The Balaban J connectivity index is 0.000000274. The van der Waals surface area contributed by atoms with E-state index in [0.717, 1.165) is 31.7 Å². The molecule has 2 aliphatic rings. The number of urea groups is 1. The van der Waals surface area contributed by atoms with E-state index in [-0.39, 0.29) is 64.2 Å². The summed E-state index contributed by atoms with van der Waals surface area (Å²) in [7, 11) is -1.95. The summed E-state index contributed by atoms with van der Waals surface area (Å²) in [5, 5.41) is 9.95. The zero-order valence-electron chi connectivity index (χ0n) is 35.1. The number of carbonyl (C=O) groups excluding carboxylic acids is 4. The lowest BCUT2D eigenvalue weighted by molar-refractivity contribution is -0.138. The summed E-state index contributed by atoms with van der Waals surface area (Å²) >= 11 is 6.04. The zero-order valence-corrected chi connectivity index (χ0v) is 37.5. The molecule has 1 aliphatic carbocycles. The van der Waals surface area contributed by atoms with E-state index in [2.05, 4.69) is 20.3 Å². The van der Waals surface area contributed by atoms with E-state index >= 15 is 0 Å². The number of nitrogens with one attached hydrogen (secondary N) is 2. The third-order valence-electron chi connectivity index (χ3n) is 8.45. The minimum Gasteiger partial charge on any atom is -0.489 e. The minimum absolute atomic E-state index is 0.00962. The lowest BCUT2D eigenvalue weighted by atomic mass is 10.2. The molecule has 2 unspecified atom stereocenters. The molecule has 1 aromatic carbocycles. The number of anilines is 2. The molecule has 5 amide bonds. The molecule has 5 rings (SSSR count). The molecule has 1 saturated heterocycles. The fourth-order valence-electron chi connectivity index (χ4n) is 5.33. The number of carbonyl (C=O) groups is 5. The Morgan fingerprint density at radius 1 is 1.11 bits per heavy atom. The van der Waals surface area contributed by atoms with Gasteiger partial charge in [0.2, 0.25) is 17.7 Å². The number of aliphatic carboxylic acids is 1. The zero-order chi connectivity index (χ0) is 47.4. The van der Waals surface area contributed by atoms with Crippen LogP contribution in [0, 0.1) is 5.82 Å². The van der Waals surface area contributed by atoms with Crippen molar-refractivity contribution in [3.8, 4) is 17.5 Å². The molecule has 1 saturated carbocycles. The van der Waals surface area contributed by atoms with Gasteiger partial charge in [0.15, 0.2) is 18.2 Å². The molecule has 0 bridgehead atoms. The van der Waals surface area contributed by atoms with E-state index < -0.39 is 64.2 Å². The van der Waals surface area contributed by atoms with Gasteiger partial charge < -0.3 is 39.6 Å². The molecule has 344 valence electrons. The van der Waals surface area contributed by atoms with E-state index in [0.29, 0.717) is 10.5 Å². The maximum atomic E-state index is 14.3. The molecule has 2 aromatic heterocycles. The molecule has 2 atom stereocenters. The van der Waals surface area contributed by atoms with E-state index in [1.807, 2.05) is 0 Å². The number of rotatable bonds is 13. The second kappa shape index (κ2) is 22.4. The van der Waals surface area contributed by atoms with Crippen molar-refractivity contribution in [2.75, 3.05) is 51.4 Å². The van der Waals surface area contributed by atoms with Gasteiger partial charge in [0.1, 0.15) is 17.6 Å². The van der Waals surface area contributed by atoms with Crippen molar-refractivity contribution in [2.45, 2.75) is 63.1 Å². The van der Waals surface area contributed by atoms with Gasteiger partial charge in [-0.2, -0.15) is 18.4 Å². The Kier molecular flexibility index (Phi) is 18.3. The lowest BCUT2D eigenvalue weighted by Crippen LogP contribution is -2.36. The lowest BCUT2D eigenvalue weighted by Gasteiger charge is -2.18. The average Bonchev–Trinajstić information content (AvgIpc) is 3.83. The number of cyclic esters (lactones) is 1. The average molecular weight is 945 g/mol. The molecule has 6 N–H and O–H groups in total. The standard InChI is InChI=1S/C17H17ClFNO4.C15H18N6O6S.C5H12NO4P/c1-9(2)15-16(21)20(17(22)24-15)13-8-14(11(18)7-12(13)19)23-10-5-3-4-6-10;1-21(2)13(22)9-6-5-7-16-12(9)28(24,25)20-15(23)19-14-17-10(26-3)8-11(18-14)27-4;1-11(9,10)3-2-4(6)5(7)8/h7-8,10H,3-6H2,1-2H3;5-8H,1-4H3,(H2,17,18,19,20,23);4H,2-3,6H2,1H3,(H,7,8)(H,9,10). The van der Waals surface area contributed by atoms with Gasteiger partial charge in [-0.1, -0.05) is 11.6 Å². The van der Waals surface area contributed by atoms with E-state index in [1.165, 1.54) is 70.3 Å². The summed E-state index contributed by atoms with van der Waals surface area (Å²) in [5.74, 6) is -3.13. The first-order valence-corrected chi connectivity index (χ1v) is 22.7. The number of allylic oxidation sites excluding steroid dienone is 1. The van der Waals surface area contributed by atoms with Crippen LogP contribution < -0.4 is 34.9 Å². The normalized spacial score (nSPS) is 15.0. The molecule has 26 heteroatoms. The summed E-state index contributed by atoms with van der Waals surface area (Å²) in [5.41, 5.74) is 5.22. The van der Waals surface area contributed by atoms with Gasteiger partial charge in [0.05, 0.1) is 42.7 Å². The predicted octanol–water partition coefficient (Wildman–Crippen LogP) is 4.37. The number of benzene rings is 1. The largest absolute Gasteiger partial charge is 0.489 e. The first-order chi connectivity index (χ1) is 29.4. The number of methoxy groups -OCH3 is 2. The van der Waals surface area contributed by atoms with Crippen molar-refractivity contribution in [1.29, 1.82) is 0 Å². The van der Waals surface area contributed by atoms with Crippen LogP contribution in [-0.4, -0.2) is 121 Å². The molecule has 2 fully saturated rings. The van der Waals surface area contributed by atoms with Gasteiger partial charge in [-0.05, 0) is 69.7 Å². The number of nitrogens with two attached hydrogens (primary N) is 1. The van der Waals surface area contributed by atoms with Crippen LogP contribution in [0.25, 0.3) is 0 Å². The van der Waals surface area contributed by atoms with Gasteiger partial charge in [0.25, 0.3) is 15.9 Å². The monoisotopic (exact) mass is 944 g/mol. The van der Waals surface area contributed by atoms with Crippen LogP contribution in [0.3, 0.4) is 0 Å². The number of imide groups is 1. The Morgan fingerprint density at radius 3 is 2.22 bits per heavy atom. The predicted molar refractivity (Wildman–Crippen MR) is 224 cm³/mol. The molecular weight excluding hydrogens is 898 g/mol. The number of halogens is 2. The highest BCUT2D eigenvalue weighted by atomic mass is 35.5. The Bertz CT molecular complexity index is 2370. The first-order valence-electron chi connectivity index (χ1n) is 18.5. The van der Waals surface area contributed by atoms with Crippen LogP contribution >= 0.6 is 19.0 Å². The molecule has 0 radical (unpaired) electrons. The molecule has 0 spiro atoms. The van der Waals surface area contributed by atoms with Gasteiger partial charge in [-0.15, -0.1) is 0 Å². The fraction of sp³-hybridized carbons (Fsp3) is 0.405. The summed E-state index contributed by atoms with van der Waals surface area (Å²) < 4.78 is 72.4. The SMILES string of the molecule is CC(C)=C1OC(=O)N(c2cc(OC3CCCC3)c(Cl)cc2F)C1=O.COc1cc(OC)nc(NC(=O)NS(=O)(=O)c2ncccc2C(=O)N(C)C)n1.CP(=O)(O)CCC(N)C(=O)O.